The lowest BCUT2D eigenvalue weighted by Crippen LogP contribution is -2.41. The minimum absolute atomic E-state index is 0.154. The number of carbonyl (C=O) groups excluding carboxylic acids is 1. The molecule has 1 aliphatic rings. The number of benzene rings is 2. The van der Waals surface area contributed by atoms with Gasteiger partial charge in [-0.05, 0) is 44.3 Å². The number of rotatable bonds is 5. The molecule has 0 atom stereocenters. The van der Waals surface area contributed by atoms with Crippen molar-refractivity contribution >= 4 is 18.7 Å². The standard InChI is InChI=1S/C21H26BNO4/c1-20(2)21(3,4)27-22(26-20)18-13-9-8-12-17(18)15-25-19(24)23-14-16-10-6-5-7-11-16/h5-13H,14-15H2,1-4H3,(H,23,24). The van der Waals surface area contributed by atoms with E-state index in [0.717, 1.165) is 16.6 Å². The van der Waals surface area contributed by atoms with Crippen molar-refractivity contribution in [3.05, 3.63) is 65.7 Å². The summed E-state index contributed by atoms with van der Waals surface area (Å²) in [6, 6.07) is 17.4. The Morgan fingerprint density at radius 2 is 1.56 bits per heavy atom. The van der Waals surface area contributed by atoms with Crippen molar-refractivity contribution in [3.63, 3.8) is 0 Å². The summed E-state index contributed by atoms with van der Waals surface area (Å²) in [5.41, 5.74) is 1.93. The predicted octanol–water partition coefficient (Wildman–Crippen LogP) is 3.41. The van der Waals surface area contributed by atoms with E-state index in [-0.39, 0.29) is 6.61 Å². The molecule has 0 bridgehead atoms. The Kier molecular flexibility index (Phi) is 5.58. The molecule has 0 spiro atoms. The van der Waals surface area contributed by atoms with Gasteiger partial charge in [0.2, 0.25) is 0 Å². The molecule has 0 radical (unpaired) electrons. The van der Waals surface area contributed by atoms with Crippen molar-refractivity contribution in [1.82, 2.24) is 5.32 Å². The van der Waals surface area contributed by atoms with Crippen molar-refractivity contribution in [3.8, 4) is 0 Å². The van der Waals surface area contributed by atoms with Gasteiger partial charge in [0.1, 0.15) is 6.61 Å². The van der Waals surface area contributed by atoms with Gasteiger partial charge in [0.05, 0.1) is 11.2 Å². The molecule has 0 saturated carbocycles. The van der Waals surface area contributed by atoms with Crippen LogP contribution in [-0.4, -0.2) is 24.4 Å². The molecule has 1 fully saturated rings. The molecule has 3 rings (SSSR count). The Morgan fingerprint density at radius 3 is 2.22 bits per heavy atom. The number of amides is 1. The molecule has 1 heterocycles. The van der Waals surface area contributed by atoms with Gasteiger partial charge >= 0.3 is 13.2 Å². The van der Waals surface area contributed by atoms with Gasteiger partial charge in [-0.25, -0.2) is 4.79 Å². The smallest absolute Gasteiger partial charge is 0.445 e. The molecule has 0 aliphatic carbocycles. The van der Waals surface area contributed by atoms with Gasteiger partial charge in [0.25, 0.3) is 0 Å². The molecule has 1 saturated heterocycles. The van der Waals surface area contributed by atoms with Crippen LogP contribution in [0, 0.1) is 0 Å². The molecule has 2 aromatic rings. The zero-order valence-corrected chi connectivity index (χ0v) is 16.3. The van der Waals surface area contributed by atoms with E-state index < -0.39 is 24.4 Å². The number of carbonyl (C=O) groups is 1. The summed E-state index contributed by atoms with van der Waals surface area (Å²) >= 11 is 0. The molecule has 1 N–H and O–H groups in total. The third-order valence-corrected chi connectivity index (χ3v) is 5.20. The van der Waals surface area contributed by atoms with Crippen LogP contribution in [0.4, 0.5) is 4.79 Å². The van der Waals surface area contributed by atoms with E-state index in [1.54, 1.807) is 0 Å². The van der Waals surface area contributed by atoms with E-state index in [1.807, 2.05) is 82.3 Å². The second kappa shape index (κ2) is 7.75. The Bertz CT molecular complexity index is 776. The first-order valence-corrected chi connectivity index (χ1v) is 9.16. The quantitative estimate of drug-likeness (QED) is 0.823. The van der Waals surface area contributed by atoms with Crippen LogP contribution in [0.25, 0.3) is 0 Å². The summed E-state index contributed by atoms with van der Waals surface area (Å²) in [4.78, 5) is 12.0. The van der Waals surface area contributed by atoms with Gasteiger partial charge in [-0.2, -0.15) is 0 Å². The number of hydrogen-bond acceptors (Lipinski definition) is 4. The third kappa shape index (κ3) is 4.52. The Hall–Kier alpha value is -2.31. The fourth-order valence-electron chi connectivity index (χ4n) is 2.83. The second-order valence-corrected chi connectivity index (χ2v) is 7.70. The van der Waals surface area contributed by atoms with Gasteiger partial charge in [0, 0.05) is 6.54 Å². The van der Waals surface area contributed by atoms with E-state index in [1.165, 1.54) is 0 Å². The molecule has 142 valence electrons. The van der Waals surface area contributed by atoms with Crippen LogP contribution in [0.2, 0.25) is 0 Å². The van der Waals surface area contributed by atoms with Gasteiger partial charge < -0.3 is 19.4 Å². The molecule has 27 heavy (non-hydrogen) atoms. The number of ether oxygens (including phenoxy) is 1. The van der Waals surface area contributed by atoms with Crippen molar-refractivity contribution < 1.29 is 18.8 Å². The maximum absolute atomic E-state index is 12.0. The van der Waals surface area contributed by atoms with Crippen LogP contribution in [0.3, 0.4) is 0 Å². The largest absolute Gasteiger partial charge is 0.495 e. The van der Waals surface area contributed by atoms with Crippen LogP contribution >= 0.6 is 0 Å². The zero-order chi connectivity index (χ0) is 19.5. The SMILES string of the molecule is CC1(C)OB(c2ccccc2COC(=O)NCc2ccccc2)OC1(C)C. The summed E-state index contributed by atoms with van der Waals surface area (Å²) in [5, 5.41) is 2.76. The maximum Gasteiger partial charge on any atom is 0.495 e. The van der Waals surface area contributed by atoms with Crippen molar-refractivity contribution in [2.24, 2.45) is 0 Å². The highest BCUT2D eigenvalue weighted by Crippen LogP contribution is 2.36. The molecule has 2 aromatic carbocycles. The van der Waals surface area contributed by atoms with Crippen LogP contribution in [0.15, 0.2) is 54.6 Å². The highest BCUT2D eigenvalue weighted by Gasteiger charge is 2.52. The van der Waals surface area contributed by atoms with Gasteiger partial charge in [0.15, 0.2) is 0 Å². The van der Waals surface area contributed by atoms with Crippen molar-refractivity contribution in [1.29, 1.82) is 0 Å². The van der Waals surface area contributed by atoms with Crippen molar-refractivity contribution in [2.75, 3.05) is 0 Å². The van der Waals surface area contributed by atoms with Crippen LogP contribution in [0.5, 0.6) is 0 Å². The topological polar surface area (TPSA) is 56.8 Å². The molecule has 1 amide bonds. The van der Waals surface area contributed by atoms with Gasteiger partial charge in [-0.3, -0.25) is 0 Å². The van der Waals surface area contributed by atoms with E-state index in [9.17, 15) is 4.79 Å². The summed E-state index contributed by atoms with van der Waals surface area (Å²) in [6.45, 7) is 8.65. The fraction of sp³-hybridized carbons (Fsp3) is 0.381. The lowest BCUT2D eigenvalue weighted by atomic mass is 9.76. The molecular weight excluding hydrogens is 341 g/mol. The minimum Gasteiger partial charge on any atom is -0.445 e. The maximum atomic E-state index is 12.0. The first kappa shape index (κ1) is 19.5. The van der Waals surface area contributed by atoms with Crippen molar-refractivity contribution in [2.45, 2.75) is 52.0 Å². The number of nitrogens with one attached hydrogen (secondary N) is 1. The van der Waals surface area contributed by atoms with Crippen LogP contribution in [-0.2, 0) is 27.2 Å². The Balaban J connectivity index is 1.61. The molecule has 0 aromatic heterocycles. The van der Waals surface area contributed by atoms with E-state index in [4.69, 9.17) is 14.0 Å². The van der Waals surface area contributed by atoms with Crippen LogP contribution in [0.1, 0.15) is 38.8 Å². The van der Waals surface area contributed by atoms with Gasteiger partial charge in [-0.15, -0.1) is 0 Å². The highest BCUT2D eigenvalue weighted by atomic mass is 16.7. The van der Waals surface area contributed by atoms with Gasteiger partial charge in [-0.1, -0.05) is 54.6 Å². The molecular formula is C21H26BNO4. The third-order valence-electron chi connectivity index (χ3n) is 5.20. The summed E-state index contributed by atoms with van der Waals surface area (Å²) in [6.07, 6.45) is -0.456. The average Bonchev–Trinajstić information content (AvgIpc) is 2.86. The Morgan fingerprint density at radius 1 is 0.963 bits per heavy atom. The average molecular weight is 367 g/mol. The summed E-state index contributed by atoms with van der Waals surface area (Å²) < 4.78 is 17.6. The first-order valence-electron chi connectivity index (χ1n) is 9.16. The highest BCUT2D eigenvalue weighted by molar-refractivity contribution is 6.62. The van der Waals surface area contributed by atoms with E-state index in [0.29, 0.717) is 6.54 Å². The summed E-state index contributed by atoms with van der Waals surface area (Å²) in [5.74, 6) is 0. The zero-order valence-electron chi connectivity index (χ0n) is 16.3. The normalized spacial score (nSPS) is 17.6. The molecule has 0 unspecified atom stereocenters. The lowest BCUT2D eigenvalue weighted by Gasteiger charge is -2.32. The second-order valence-electron chi connectivity index (χ2n) is 7.70. The lowest BCUT2D eigenvalue weighted by molar-refractivity contribution is 0.00578. The first-order chi connectivity index (χ1) is 12.8. The monoisotopic (exact) mass is 367 g/mol. The molecule has 6 heteroatoms. The van der Waals surface area contributed by atoms with E-state index in [2.05, 4.69) is 5.32 Å². The fourth-order valence-corrected chi connectivity index (χ4v) is 2.83. The summed E-state index contributed by atoms with van der Waals surface area (Å²) in [7, 11) is -0.484. The number of alkyl carbamates (subject to hydrolysis) is 1. The van der Waals surface area contributed by atoms with Crippen LogP contribution < -0.4 is 10.8 Å². The number of hydrogen-bond donors (Lipinski definition) is 1. The molecule has 1 aliphatic heterocycles. The Labute approximate surface area is 161 Å². The van der Waals surface area contributed by atoms with E-state index >= 15 is 0 Å². The predicted molar refractivity (Wildman–Crippen MR) is 106 cm³/mol. The molecule has 5 nitrogen and oxygen atoms in total. The minimum atomic E-state index is -0.484.